The van der Waals surface area contributed by atoms with Crippen molar-refractivity contribution in [2.45, 2.75) is 6.92 Å². The number of aromatic nitrogens is 2. The third-order valence-corrected chi connectivity index (χ3v) is 4.29. The second kappa shape index (κ2) is 4.50. The molecule has 2 N–H and O–H groups in total. The van der Waals surface area contributed by atoms with Crippen molar-refractivity contribution in [3.05, 3.63) is 24.2 Å². The number of hydrogen-bond acceptors (Lipinski definition) is 4. The Morgan fingerprint density at radius 3 is 2.88 bits per heavy atom. The molecule has 1 fully saturated rings. The van der Waals surface area contributed by atoms with E-state index in [1.807, 2.05) is 12.4 Å². The van der Waals surface area contributed by atoms with Crippen LogP contribution in [0.15, 0.2) is 18.5 Å². The first-order valence-electron chi connectivity index (χ1n) is 5.91. The smallest absolute Gasteiger partial charge is 0.127 e. The highest BCUT2D eigenvalue weighted by molar-refractivity contribution is 7.19. The first kappa shape index (κ1) is 10.8. The van der Waals surface area contributed by atoms with Crippen molar-refractivity contribution < 1.29 is 0 Å². The predicted octanol–water partition coefficient (Wildman–Crippen LogP) is 1.86. The lowest BCUT2D eigenvalue weighted by Gasteiger charge is -2.28. The summed E-state index contributed by atoms with van der Waals surface area (Å²) in [7, 11) is 0. The van der Waals surface area contributed by atoms with Crippen LogP contribution in [0.2, 0.25) is 0 Å². The van der Waals surface area contributed by atoms with Gasteiger partial charge in [-0.15, -0.1) is 0 Å². The summed E-state index contributed by atoms with van der Waals surface area (Å²) in [4.78, 5) is 10.2. The van der Waals surface area contributed by atoms with Crippen molar-refractivity contribution >= 4 is 16.3 Å². The Morgan fingerprint density at radius 2 is 2.18 bits per heavy atom. The molecule has 0 amide bonds. The standard InChI is InChI=1S/C12H16N4S/c1-9-12(16-6-4-13-5-7-16)17-11(15-9)10-2-3-14-8-10/h2-3,8,13-14H,4-7H2,1H3. The molecular formula is C12H16N4S. The van der Waals surface area contributed by atoms with E-state index < -0.39 is 0 Å². The van der Waals surface area contributed by atoms with E-state index in [4.69, 9.17) is 0 Å². The molecule has 0 aliphatic carbocycles. The number of thiazole rings is 1. The lowest BCUT2D eigenvalue weighted by Crippen LogP contribution is -2.43. The Bertz CT molecular complexity index is 483. The molecule has 0 saturated carbocycles. The van der Waals surface area contributed by atoms with Gasteiger partial charge in [0.05, 0.1) is 5.69 Å². The number of piperazine rings is 1. The SMILES string of the molecule is Cc1nc(-c2cc[nH]c2)sc1N1CCNCC1. The lowest BCUT2D eigenvalue weighted by atomic mass is 10.3. The number of rotatable bonds is 2. The highest BCUT2D eigenvalue weighted by Gasteiger charge is 2.17. The van der Waals surface area contributed by atoms with Crippen molar-refractivity contribution in [2.24, 2.45) is 0 Å². The van der Waals surface area contributed by atoms with Crippen LogP contribution in [0.1, 0.15) is 5.69 Å². The summed E-state index contributed by atoms with van der Waals surface area (Å²) in [5.74, 6) is 0. The Kier molecular flexibility index (Phi) is 2.86. The van der Waals surface area contributed by atoms with Crippen molar-refractivity contribution in [3.63, 3.8) is 0 Å². The highest BCUT2D eigenvalue weighted by atomic mass is 32.1. The summed E-state index contributed by atoms with van der Waals surface area (Å²) < 4.78 is 0. The second-order valence-corrected chi connectivity index (χ2v) is 5.22. The third-order valence-electron chi connectivity index (χ3n) is 3.02. The molecule has 0 aromatic carbocycles. The van der Waals surface area contributed by atoms with E-state index in [0.29, 0.717) is 0 Å². The van der Waals surface area contributed by atoms with E-state index in [1.165, 1.54) is 10.6 Å². The zero-order chi connectivity index (χ0) is 11.7. The molecule has 1 aliphatic heterocycles. The van der Waals surface area contributed by atoms with Crippen molar-refractivity contribution in [1.82, 2.24) is 15.3 Å². The molecule has 90 valence electrons. The molecule has 2 aromatic heterocycles. The monoisotopic (exact) mass is 248 g/mol. The minimum Gasteiger partial charge on any atom is -0.367 e. The molecule has 0 bridgehead atoms. The molecule has 1 aliphatic rings. The maximum atomic E-state index is 4.66. The molecule has 0 radical (unpaired) electrons. The van der Waals surface area contributed by atoms with Gasteiger partial charge in [-0.3, -0.25) is 0 Å². The average molecular weight is 248 g/mol. The van der Waals surface area contributed by atoms with E-state index in [2.05, 4.69) is 33.2 Å². The summed E-state index contributed by atoms with van der Waals surface area (Å²) >= 11 is 1.79. The maximum Gasteiger partial charge on any atom is 0.127 e. The van der Waals surface area contributed by atoms with Gasteiger partial charge in [0.2, 0.25) is 0 Å². The first-order valence-corrected chi connectivity index (χ1v) is 6.72. The van der Waals surface area contributed by atoms with Gasteiger partial charge in [-0.25, -0.2) is 4.98 Å². The van der Waals surface area contributed by atoms with E-state index in [9.17, 15) is 0 Å². The molecule has 2 aromatic rings. The molecule has 3 heterocycles. The number of aromatic amines is 1. The second-order valence-electron chi connectivity index (χ2n) is 4.25. The molecule has 4 nitrogen and oxygen atoms in total. The number of H-pyrrole nitrogens is 1. The van der Waals surface area contributed by atoms with Gasteiger partial charge in [0, 0.05) is 44.1 Å². The summed E-state index contributed by atoms with van der Waals surface area (Å²) in [6.45, 7) is 6.39. The predicted molar refractivity (Wildman–Crippen MR) is 71.7 cm³/mol. The summed E-state index contributed by atoms with van der Waals surface area (Å²) in [5, 5.41) is 5.81. The van der Waals surface area contributed by atoms with Crippen LogP contribution in [0.4, 0.5) is 5.00 Å². The summed E-state index contributed by atoms with van der Waals surface area (Å²) in [5.41, 5.74) is 2.33. The van der Waals surface area contributed by atoms with Crippen LogP contribution in [0.5, 0.6) is 0 Å². The molecule has 3 rings (SSSR count). The van der Waals surface area contributed by atoms with Crippen LogP contribution in [-0.4, -0.2) is 36.1 Å². The Labute approximate surface area is 105 Å². The van der Waals surface area contributed by atoms with Crippen molar-refractivity contribution in [3.8, 4) is 10.6 Å². The van der Waals surface area contributed by atoms with E-state index in [-0.39, 0.29) is 0 Å². The van der Waals surface area contributed by atoms with Crippen LogP contribution in [0, 0.1) is 6.92 Å². The fourth-order valence-electron chi connectivity index (χ4n) is 2.13. The Hall–Kier alpha value is -1.33. The van der Waals surface area contributed by atoms with Crippen molar-refractivity contribution in [2.75, 3.05) is 31.1 Å². The van der Waals surface area contributed by atoms with Gasteiger partial charge in [-0.05, 0) is 13.0 Å². The van der Waals surface area contributed by atoms with Crippen LogP contribution < -0.4 is 10.2 Å². The van der Waals surface area contributed by atoms with Gasteiger partial charge in [0.15, 0.2) is 0 Å². The quantitative estimate of drug-likeness (QED) is 0.852. The Balaban J connectivity index is 1.90. The first-order chi connectivity index (χ1) is 8.34. The van der Waals surface area contributed by atoms with Crippen LogP contribution >= 0.6 is 11.3 Å². The van der Waals surface area contributed by atoms with Crippen molar-refractivity contribution in [1.29, 1.82) is 0 Å². The van der Waals surface area contributed by atoms with Gasteiger partial charge in [-0.2, -0.15) is 0 Å². The van der Waals surface area contributed by atoms with E-state index >= 15 is 0 Å². The topological polar surface area (TPSA) is 44.0 Å². The van der Waals surface area contributed by atoms with Gasteiger partial charge < -0.3 is 15.2 Å². The largest absolute Gasteiger partial charge is 0.367 e. The molecule has 5 heteroatoms. The van der Waals surface area contributed by atoms with Gasteiger partial charge in [0.1, 0.15) is 10.0 Å². The van der Waals surface area contributed by atoms with Gasteiger partial charge in [0.25, 0.3) is 0 Å². The number of aryl methyl sites for hydroxylation is 1. The Morgan fingerprint density at radius 1 is 1.35 bits per heavy atom. The highest BCUT2D eigenvalue weighted by Crippen LogP contribution is 2.34. The molecule has 0 spiro atoms. The molecular weight excluding hydrogens is 232 g/mol. The molecule has 17 heavy (non-hydrogen) atoms. The molecule has 0 atom stereocenters. The molecule has 0 unspecified atom stereocenters. The zero-order valence-electron chi connectivity index (χ0n) is 9.86. The number of hydrogen-bond donors (Lipinski definition) is 2. The van der Waals surface area contributed by atoms with Crippen LogP contribution in [-0.2, 0) is 0 Å². The minimum absolute atomic E-state index is 1.07. The van der Waals surface area contributed by atoms with Crippen LogP contribution in [0.3, 0.4) is 0 Å². The fourth-order valence-corrected chi connectivity index (χ4v) is 3.25. The number of nitrogens with zero attached hydrogens (tertiary/aromatic N) is 2. The van der Waals surface area contributed by atoms with Gasteiger partial charge in [-0.1, -0.05) is 11.3 Å². The molecule has 1 saturated heterocycles. The van der Waals surface area contributed by atoms with Crippen LogP contribution in [0.25, 0.3) is 10.6 Å². The number of anilines is 1. The normalized spacial score (nSPS) is 16.4. The maximum absolute atomic E-state index is 4.66. The lowest BCUT2D eigenvalue weighted by molar-refractivity contribution is 0.591. The average Bonchev–Trinajstić information content (AvgIpc) is 2.99. The zero-order valence-corrected chi connectivity index (χ0v) is 10.7. The number of nitrogens with one attached hydrogen (secondary N) is 2. The minimum atomic E-state index is 1.07. The summed E-state index contributed by atoms with van der Waals surface area (Å²) in [6, 6.07) is 2.07. The van der Waals surface area contributed by atoms with E-state index in [1.54, 1.807) is 11.3 Å². The fraction of sp³-hybridized carbons (Fsp3) is 0.417. The van der Waals surface area contributed by atoms with Gasteiger partial charge >= 0.3 is 0 Å². The van der Waals surface area contributed by atoms with E-state index in [0.717, 1.165) is 36.9 Å². The summed E-state index contributed by atoms with van der Waals surface area (Å²) in [6.07, 6.45) is 3.94. The third kappa shape index (κ3) is 2.08.